The Morgan fingerprint density at radius 2 is 2.31 bits per heavy atom. The molecule has 1 aliphatic heterocycles. The molecule has 4 nitrogen and oxygen atoms in total. The summed E-state index contributed by atoms with van der Waals surface area (Å²) in [5.41, 5.74) is 0. The molecular formula is C11H24N2O2S. The second kappa shape index (κ2) is 8.17. The number of morpholine rings is 1. The normalized spacial score (nSPS) is 24.5. The van der Waals surface area contributed by atoms with Crippen LogP contribution < -0.4 is 5.32 Å². The molecule has 0 radical (unpaired) electrons. The topological polar surface area (TPSA) is 41.6 Å². The van der Waals surface area contributed by atoms with Crippen LogP contribution in [-0.2, 0) is 15.5 Å². The molecule has 5 heteroatoms. The molecule has 0 spiro atoms. The average molecular weight is 248 g/mol. The number of nitrogens with zero attached hydrogens (tertiary/aromatic N) is 1. The largest absolute Gasteiger partial charge is 0.374 e. The number of hydrogen-bond donors (Lipinski definition) is 1. The summed E-state index contributed by atoms with van der Waals surface area (Å²) in [6.45, 7) is 9.83. The third kappa shape index (κ3) is 5.39. The average Bonchev–Trinajstić information content (AvgIpc) is 2.34. The zero-order valence-corrected chi connectivity index (χ0v) is 11.2. The van der Waals surface area contributed by atoms with Gasteiger partial charge >= 0.3 is 0 Å². The van der Waals surface area contributed by atoms with E-state index in [4.69, 9.17) is 4.74 Å². The zero-order valence-electron chi connectivity index (χ0n) is 10.4. The summed E-state index contributed by atoms with van der Waals surface area (Å²) in [7, 11) is -0.656. The lowest BCUT2D eigenvalue weighted by molar-refractivity contribution is -0.0249. The van der Waals surface area contributed by atoms with Gasteiger partial charge in [-0.3, -0.25) is 9.11 Å². The van der Waals surface area contributed by atoms with Gasteiger partial charge in [-0.1, -0.05) is 13.8 Å². The van der Waals surface area contributed by atoms with Gasteiger partial charge in [0.15, 0.2) is 0 Å². The van der Waals surface area contributed by atoms with Crippen molar-refractivity contribution in [2.75, 3.05) is 50.8 Å². The third-order valence-corrected chi connectivity index (χ3v) is 4.17. The van der Waals surface area contributed by atoms with Crippen LogP contribution in [0.2, 0.25) is 0 Å². The number of rotatable bonds is 7. The molecule has 96 valence electrons. The van der Waals surface area contributed by atoms with Gasteiger partial charge in [0, 0.05) is 48.5 Å². The van der Waals surface area contributed by atoms with Gasteiger partial charge in [0.1, 0.15) is 0 Å². The maximum Gasteiger partial charge on any atom is 0.0826 e. The van der Waals surface area contributed by atoms with Gasteiger partial charge in [-0.15, -0.1) is 0 Å². The van der Waals surface area contributed by atoms with Gasteiger partial charge in [-0.05, 0) is 6.54 Å². The Labute approximate surface area is 101 Å². The second-order valence-electron chi connectivity index (χ2n) is 4.02. The summed E-state index contributed by atoms with van der Waals surface area (Å²) < 4.78 is 16.9. The van der Waals surface area contributed by atoms with Gasteiger partial charge in [0.05, 0.1) is 12.7 Å². The highest BCUT2D eigenvalue weighted by molar-refractivity contribution is 7.84. The minimum Gasteiger partial charge on any atom is -0.374 e. The van der Waals surface area contributed by atoms with Gasteiger partial charge in [-0.2, -0.15) is 0 Å². The van der Waals surface area contributed by atoms with E-state index in [0.717, 1.165) is 50.8 Å². The molecule has 1 rings (SSSR count). The molecule has 0 amide bonds. The lowest BCUT2D eigenvalue weighted by Crippen LogP contribution is -2.46. The molecular weight excluding hydrogens is 224 g/mol. The quantitative estimate of drug-likeness (QED) is 0.647. The van der Waals surface area contributed by atoms with Crippen LogP contribution >= 0.6 is 0 Å². The molecule has 2 atom stereocenters. The van der Waals surface area contributed by atoms with Crippen LogP contribution in [0.1, 0.15) is 13.8 Å². The van der Waals surface area contributed by atoms with Crippen molar-refractivity contribution in [1.82, 2.24) is 10.2 Å². The van der Waals surface area contributed by atoms with E-state index < -0.39 is 10.8 Å². The Balaban J connectivity index is 2.06. The summed E-state index contributed by atoms with van der Waals surface area (Å²) in [5, 5.41) is 3.32. The van der Waals surface area contributed by atoms with Crippen molar-refractivity contribution in [1.29, 1.82) is 0 Å². The second-order valence-corrected chi connectivity index (χ2v) is 5.89. The highest BCUT2D eigenvalue weighted by atomic mass is 32.2. The Morgan fingerprint density at radius 1 is 1.50 bits per heavy atom. The number of nitrogens with one attached hydrogen (secondary N) is 1. The van der Waals surface area contributed by atoms with Crippen LogP contribution in [0.25, 0.3) is 0 Å². The van der Waals surface area contributed by atoms with E-state index >= 15 is 0 Å². The first kappa shape index (κ1) is 14.1. The molecule has 0 aromatic rings. The van der Waals surface area contributed by atoms with Crippen molar-refractivity contribution in [3.05, 3.63) is 0 Å². The lowest BCUT2D eigenvalue weighted by atomic mass is 10.2. The van der Waals surface area contributed by atoms with E-state index in [1.807, 2.05) is 6.92 Å². The van der Waals surface area contributed by atoms with Gasteiger partial charge < -0.3 is 10.1 Å². The minimum atomic E-state index is -0.656. The number of hydrogen-bond acceptors (Lipinski definition) is 4. The zero-order chi connectivity index (χ0) is 11.8. The van der Waals surface area contributed by atoms with Crippen LogP contribution in [0.5, 0.6) is 0 Å². The molecule has 2 unspecified atom stereocenters. The van der Waals surface area contributed by atoms with E-state index in [-0.39, 0.29) is 0 Å². The Kier molecular flexibility index (Phi) is 7.20. The van der Waals surface area contributed by atoms with Gasteiger partial charge in [-0.25, -0.2) is 0 Å². The summed E-state index contributed by atoms with van der Waals surface area (Å²) in [6.07, 6.45) is 0.295. The Hall–Kier alpha value is 0.0300. The Bertz CT molecular complexity index is 214. The molecule has 0 saturated carbocycles. The Morgan fingerprint density at radius 3 is 3.00 bits per heavy atom. The van der Waals surface area contributed by atoms with E-state index in [1.165, 1.54) is 0 Å². The fourth-order valence-corrected chi connectivity index (χ4v) is 2.45. The minimum absolute atomic E-state index is 0.295. The maximum atomic E-state index is 11.2. The number of likely N-dealkylation sites (N-methyl/N-ethyl adjacent to an activating group) is 1. The van der Waals surface area contributed by atoms with Crippen molar-refractivity contribution in [2.24, 2.45) is 0 Å². The molecule has 0 bridgehead atoms. The highest BCUT2D eigenvalue weighted by Gasteiger charge is 2.18. The van der Waals surface area contributed by atoms with Crippen molar-refractivity contribution >= 4 is 10.8 Å². The molecule has 16 heavy (non-hydrogen) atoms. The number of ether oxygens (including phenoxy) is 1. The van der Waals surface area contributed by atoms with Crippen LogP contribution in [-0.4, -0.2) is 66.0 Å². The monoisotopic (exact) mass is 248 g/mol. The molecule has 1 N–H and O–H groups in total. The van der Waals surface area contributed by atoms with Crippen LogP contribution in [0, 0.1) is 0 Å². The molecule has 0 aliphatic carbocycles. The van der Waals surface area contributed by atoms with Crippen molar-refractivity contribution < 1.29 is 8.95 Å². The van der Waals surface area contributed by atoms with Gasteiger partial charge in [0.2, 0.25) is 0 Å². The molecule has 0 aromatic heterocycles. The van der Waals surface area contributed by atoms with E-state index in [1.54, 1.807) is 0 Å². The van der Waals surface area contributed by atoms with E-state index in [2.05, 4.69) is 17.1 Å². The lowest BCUT2D eigenvalue weighted by Gasteiger charge is -2.32. The molecule has 0 aromatic carbocycles. The highest BCUT2D eigenvalue weighted by Crippen LogP contribution is 2.03. The SMILES string of the molecule is CCN1CCOC(CNCCS(=O)CC)C1. The van der Waals surface area contributed by atoms with Crippen molar-refractivity contribution in [2.45, 2.75) is 20.0 Å². The molecule has 1 aliphatic rings. The summed E-state index contributed by atoms with van der Waals surface area (Å²) in [6, 6.07) is 0. The predicted octanol–water partition coefficient (Wildman–Crippen LogP) is 0.0653. The smallest absolute Gasteiger partial charge is 0.0826 e. The molecule has 1 saturated heterocycles. The summed E-state index contributed by atoms with van der Waals surface area (Å²) in [4.78, 5) is 2.40. The predicted molar refractivity (Wildman–Crippen MR) is 68.3 cm³/mol. The van der Waals surface area contributed by atoms with Crippen LogP contribution in [0.3, 0.4) is 0 Å². The first-order valence-electron chi connectivity index (χ1n) is 6.15. The molecule has 1 fully saturated rings. The van der Waals surface area contributed by atoms with Crippen LogP contribution in [0.15, 0.2) is 0 Å². The van der Waals surface area contributed by atoms with Crippen molar-refractivity contribution in [3.8, 4) is 0 Å². The molecule has 1 heterocycles. The van der Waals surface area contributed by atoms with E-state index in [0.29, 0.717) is 6.10 Å². The standard InChI is InChI=1S/C11H24N2O2S/c1-3-13-6-7-15-11(10-13)9-12-5-8-16(14)4-2/h11-12H,3-10H2,1-2H3. The van der Waals surface area contributed by atoms with Crippen LogP contribution in [0.4, 0.5) is 0 Å². The van der Waals surface area contributed by atoms with Gasteiger partial charge in [0.25, 0.3) is 0 Å². The summed E-state index contributed by atoms with van der Waals surface area (Å²) in [5.74, 6) is 1.51. The van der Waals surface area contributed by atoms with Crippen molar-refractivity contribution in [3.63, 3.8) is 0 Å². The first-order valence-corrected chi connectivity index (χ1v) is 7.64. The van der Waals surface area contributed by atoms with E-state index in [9.17, 15) is 4.21 Å². The maximum absolute atomic E-state index is 11.2. The first-order chi connectivity index (χ1) is 7.76. The summed E-state index contributed by atoms with van der Waals surface area (Å²) >= 11 is 0. The fraction of sp³-hybridized carbons (Fsp3) is 1.00. The third-order valence-electron chi connectivity index (χ3n) is 2.87. The fourth-order valence-electron chi connectivity index (χ4n) is 1.78.